The molecule has 3 aromatic rings. The fraction of sp³-hybridized carbons (Fsp3) is 0.263. The molecule has 2 N–H and O–H groups in total. The van der Waals surface area contributed by atoms with Gasteiger partial charge in [0.2, 0.25) is 5.91 Å². The van der Waals surface area contributed by atoms with Crippen LogP contribution in [0.5, 0.6) is 0 Å². The van der Waals surface area contributed by atoms with Gasteiger partial charge in [0.15, 0.2) is 0 Å². The Morgan fingerprint density at radius 1 is 1.21 bits per heavy atom. The van der Waals surface area contributed by atoms with Crippen molar-refractivity contribution in [3.05, 3.63) is 54.2 Å². The Labute approximate surface area is 141 Å². The normalized spacial score (nSPS) is 11.7. The minimum atomic E-state index is -1.06. The summed E-state index contributed by atoms with van der Waals surface area (Å²) in [6.45, 7) is 5.21. The predicted molar refractivity (Wildman–Crippen MR) is 94.9 cm³/mol. The number of aromatic nitrogens is 2. The number of amides is 1. The molecule has 0 radical (unpaired) electrons. The number of carbonyl (C=O) groups is 1. The molecule has 0 aliphatic carbocycles. The summed E-state index contributed by atoms with van der Waals surface area (Å²) in [5.74, 6) is 0.372. The van der Waals surface area contributed by atoms with Crippen molar-refractivity contribution in [3.8, 4) is 11.3 Å². The van der Waals surface area contributed by atoms with Gasteiger partial charge in [0.25, 0.3) is 0 Å². The van der Waals surface area contributed by atoms with Gasteiger partial charge < -0.3 is 10.4 Å². The molecular weight excluding hydrogens is 302 g/mol. The second-order valence-electron chi connectivity index (χ2n) is 6.60. The van der Waals surface area contributed by atoms with E-state index in [-0.39, 0.29) is 12.3 Å². The molecule has 24 heavy (non-hydrogen) atoms. The molecular formula is C19H21N3O2. The maximum atomic E-state index is 12.3. The lowest BCUT2D eigenvalue weighted by Gasteiger charge is -2.16. The molecule has 2 aromatic heterocycles. The van der Waals surface area contributed by atoms with Crippen molar-refractivity contribution in [2.24, 2.45) is 0 Å². The molecule has 1 amide bonds. The predicted octanol–water partition coefficient (Wildman–Crippen LogP) is 3.41. The molecule has 3 rings (SSSR count). The van der Waals surface area contributed by atoms with Crippen LogP contribution in [0.15, 0.2) is 48.7 Å². The number of hydrogen-bond acceptors (Lipinski definition) is 3. The second kappa shape index (κ2) is 6.09. The van der Waals surface area contributed by atoms with Crippen molar-refractivity contribution >= 4 is 17.4 Å². The molecule has 0 aliphatic heterocycles. The smallest absolute Gasteiger partial charge is 0.228 e. The first kappa shape index (κ1) is 16.2. The number of aliphatic hydroxyl groups is 1. The second-order valence-corrected chi connectivity index (χ2v) is 6.60. The van der Waals surface area contributed by atoms with Gasteiger partial charge in [-0.15, -0.1) is 0 Å². The van der Waals surface area contributed by atoms with Gasteiger partial charge in [-0.05, 0) is 32.4 Å². The zero-order valence-electron chi connectivity index (χ0n) is 14.1. The highest BCUT2D eigenvalue weighted by atomic mass is 16.3. The Morgan fingerprint density at radius 3 is 2.58 bits per heavy atom. The first-order chi connectivity index (χ1) is 11.3. The van der Waals surface area contributed by atoms with E-state index in [1.165, 1.54) is 0 Å². The number of aryl methyl sites for hydroxylation is 1. The Bertz CT molecular complexity index is 877. The maximum absolute atomic E-state index is 12.3. The summed E-state index contributed by atoms with van der Waals surface area (Å²) in [4.78, 5) is 17.0. The number of rotatable bonds is 4. The Balaban J connectivity index is 2.10. The molecule has 0 spiro atoms. The fourth-order valence-corrected chi connectivity index (χ4v) is 2.69. The number of fused-ring (bicyclic) bond motifs is 1. The average molecular weight is 323 g/mol. The summed E-state index contributed by atoms with van der Waals surface area (Å²) in [5, 5.41) is 12.8. The van der Waals surface area contributed by atoms with Gasteiger partial charge in [-0.1, -0.05) is 36.4 Å². The van der Waals surface area contributed by atoms with Crippen LogP contribution in [0, 0.1) is 6.92 Å². The molecule has 1 aromatic carbocycles. The van der Waals surface area contributed by atoms with Gasteiger partial charge in [-0.3, -0.25) is 9.20 Å². The minimum absolute atomic E-state index is 0.0142. The third-order valence-electron chi connectivity index (χ3n) is 3.74. The van der Waals surface area contributed by atoms with E-state index < -0.39 is 5.60 Å². The topological polar surface area (TPSA) is 66.6 Å². The average Bonchev–Trinajstić information content (AvgIpc) is 2.86. The lowest BCUT2D eigenvalue weighted by Crippen LogP contribution is -2.27. The molecule has 0 atom stereocenters. The summed E-state index contributed by atoms with van der Waals surface area (Å²) in [6, 6.07) is 13.6. The number of imidazole rings is 1. The van der Waals surface area contributed by atoms with Crippen LogP contribution in [-0.2, 0) is 4.79 Å². The summed E-state index contributed by atoms with van der Waals surface area (Å²) in [6.07, 6.45) is 1.89. The monoisotopic (exact) mass is 323 g/mol. The maximum Gasteiger partial charge on any atom is 0.228 e. The van der Waals surface area contributed by atoms with Crippen molar-refractivity contribution < 1.29 is 9.90 Å². The van der Waals surface area contributed by atoms with E-state index >= 15 is 0 Å². The van der Waals surface area contributed by atoms with Gasteiger partial charge >= 0.3 is 0 Å². The van der Waals surface area contributed by atoms with Crippen LogP contribution in [0.25, 0.3) is 16.9 Å². The molecule has 0 saturated carbocycles. The zero-order chi connectivity index (χ0) is 17.3. The van der Waals surface area contributed by atoms with Crippen LogP contribution in [0.3, 0.4) is 0 Å². The van der Waals surface area contributed by atoms with E-state index in [2.05, 4.69) is 5.32 Å². The Kier molecular flexibility index (Phi) is 4.11. The van der Waals surface area contributed by atoms with Crippen LogP contribution in [0.4, 0.5) is 5.82 Å². The molecule has 0 aliphatic rings. The molecule has 0 bridgehead atoms. The van der Waals surface area contributed by atoms with Crippen LogP contribution in [0.2, 0.25) is 0 Å². The number of nitrogens with zero attached hydrogens (tertiary/aromatic N) is 2. The van der Waals surface area contributed by atoms with Gasteiger partial charge in [-0.2, -0.15) is 0 Å². The summed E-state index contributed by atoms with van der Waals surface area (Å²) >= 11 is 0. The summed E-state index contributed by atoms with van der Waals surface area (Å²) in [5.41, 5.74) is 2.41. The summed E-state index contributed by atoms with van der Waals surface area (Å²) < 4.78 is 1.87. The van der Waals surface area contributed by atoms with Gasteiger partial charge in [0, 0.05) is 11.8 Å². The fourth-order valence-electron chi connectivity index (χ4n) is 2.69. The van der Waals surface area contributed by atoms with Crippen molar-refractivity contribution in [2.75, 3.05) is 5.32 Å². The quantitative estimate of drug-likeness (QED) is 0.773. The van der Waals surface area contributed by atoms with E-state index in [9.17, 15) is 9.90 Å². The van der Waals surface area contributed by atoms with E-state index in [1.54, 1.807) is 13.8 Å². The van der Waals surface area contributed by atoms with E-state index in [4.69, 9.17) is 4.98 Å². The highest BCUT2D eigenvalue weighted by molar-refractivity contribution is 5.95. The van der Waals surface area contributed by atoms with Gasteiger partial charge in [0.05, 0.1) is 12.0 Å². The number of benzene rings is 1. The molecule has 0 unspecified atom stereocenters. The van der Waals surface area contributed by atoms with Gasteiger partial charge in [0.1, 0.15) is 17.2 Å². The van der Waals surface area contributed by atoms with Crippen LogP contribution in [-0.4, -0.2) is 26.0 Å². The zero-order valence-corrected chi connectivity index (χ0v) is 14.1. The van der Waals surface area contributed by atoms with Crippen LogP contribution >= 0.6 is 0 Å². The van der Waals surface area contributed by atoms with E-state index in [1.807, 2.05) is 60.0 Å². The molecule has 5 nitrogen and oxygen atoms in total. The van der Waals surface area contributed by atoms with Crippen molar-refractivity contribution in [1.29, 1.82) is 0 Å². The van der Waals surface area contributed by atoms with E-state index in [0.717, 1.165) is 16.8 Å². The number of pyridine rings is 1. The lowest BCUT2D eigenvalue weighted by molar-refractivity contribution is -0.119. The Morgan fingerprint density at radius 2 is 1.92 bits per heavy atom. The Hall–Kier alpha value is -2.66. The molecule has 2 heterocycles. The highest BCUT2D eigenvalue weighted by Crippen LogP contribution is 2.30. The number of nitrogens with one attached hydrogen (secondary N) is 1. The van der Waals surface area contributed by atoms with Gasteiger partial charge in [-0.25, -0.2) is 4.98 Å². The summed E-state index contributed by atoms with van der Waals surface area (Å²) in [7, 11) is 0. The molecule has 0 saturated heterocycles. The SMILES string of the molecule is Cc1cccn2c(NC(=O)CC(C)(C)O)c(-c3ccccc3)nc12. The molecule has 5 heteroatoms. The number of carbonyl (C=O) groups excluding carboxylic acids is 1. The van der Waals surface area contributed by atoms with Crippen molar-refractivity contribution in [1.82, 2.24) is 9.38 Å². The van der Waals surface area contributed by atoms with E-state index in [0.29, 0.717) is 11.5 Å². The minimum Gasteiger partial charge on any atom is -0.390 e. The lowest BCUT2D eigenvalue weighted by atomic mass is 10.1. The van der Waals surface area contributed by atoms with Crippen LogP contribution in [0.1, 0.15) is 25.8 Å². The van der Waals surface area contributed by atoms with Crippen LogP contribution < -0.4 is 5.32 Å². The number of anilines is 1. The third kappa shape index (κ3) is 3.31. The molecule has 0 fully saturated rings. The van der Waals surface area contributed by atoms with Crippen molar-refractivity contribution in [3.63, 3.8) is 0 Å². The highest BCUT2D eigenvalue weighted by Gasteiger charge is 2.21. The first-order valence-corrected chi connectivity index (χ1v) is 7.90. The molecule has 124 valence electrons. The first-order valence-electron chi connectivity index (χ1n) is 7.90. The standard InChI is InChI=1S/C19H21N3O2/c1-13-8-7-11-22-17(13)21-16(14-9-5-4-6-10-14)18(22)20-15(23)12-19(2,3)24/h4-11,24H,12H2,1-3H3,(H,20,23). The van der Waals surface area contributed by atoms with Crippen molar-refractivity contribution in [2.45, 2.75) is 32.8 Å². The number of hydrogen-bond donors (Lipinski definition) is 2. The third-order valence-corrected chi connectivity index (χ3v) is 3.74. The largest absolute Gasteiger partial charge is 0.390 e.